The second-order valence-corrected chi connectivity index (χ2v) is 11.5. The van der Waals surface area contributed by atoms with Gasteiger partial charge in [-0.15, -0.1) is 0 Å². The number of rotatable bonds is 9. The van der Waals surface area contributed by atoms with Crippen LogP contribution in [0.2, 0.25) is 0 Å². The molecule has 0 radical (unpaired) electrons. The summed E-state index contributed by atoms with van der Waals surface area (Å²) in [5.41, 5.74) is 9.98. The molecular formula is C26H31N3O4S. The van der Waals surface area contributed by atoms with Crippen molar-refractivity contribution >= 4 is 26.8 Å². The Bertz CT molecular complexity index is 1270. The van der Waals surface area contributed by atoms with E-state index in [4.69, 9.17) is 10.5 Å². The van der Waals surface area contributed by atoms with Gasteiger partial charge in [0.05, 0.1) is 23.4 Å². The second kappa shape index (κ2) is 9.52. The van der Waals surface area contributed by atoms with E-state index in [1.165, 1.54) is 12.8 Å². The van der Waals surface area contributed by atoms with Crippen molar-refractivity contribution in [1.29, 1.82) is 0 Å². The summed E-state index contributed by atoms with van der Waals surface area (Å²) in [7, 11) is -3.32. The molecule has 8 heteroatoms. The fourth-order valence-corrected chi connectivity index (χ4v) is 6.21. The van der Waals surface area contributed by atoms with E-state index >= 15 is 0 Å². The number of H-pyrrole nitrogens is 1. The number of sulfonamides is 1. The third kappa shape index (κ3) is 4.89. The lowest BCUT2D eigenvalue weighted by atomic mass is 9.88. The number of carbonyl (C=O) groups excluding carboxylic acids is 1. The van der Waals surface area contributed by atoms with Crippen LogP contribution < -0.4 is 5.73 Å². The van der Waals surface area contributed by atoms with Crippen LogP contribution in [0.4, 0.5) is 0 Å². The minimum atomic E-state index is -3.32. The van der Waals surface area contributed by atoms with Crippen LogP contribution in [0.5, 0.6) is 0 Å². The van der Waals surface area contributed by atoms with Crippen LogP contribution in [0.25, 0.3) is 22.0 Å². The molecule has 0 bridgehead atoms. The van der Waals surface area contributed by atoms with Gasteiger partial charge in [0.15, 0.2) is 0 Å². The highest BCUT2D eigenvalue weighted by molar-refractivity contribution is 7.89. The van der Waals surface area contributed by atoms with E-state index in [1.807, 2.05) is 42.6 Å². The Morgan fingerprint density at radius 1 is 1.06 bits per heavy atom. The van der Waals surface area contributed by atoms with Gasteiger partial charge in [0.25, 0.3) is 5.91 Å². The molecule has 180 valence electrons. The third-order valence-electron chi connectivity index (χ3n) is 7.02. The molecule has 34 heavy (non-hydrogen) atoms. The number of fused-ring (bicyclic) bond motifs is 1. The first-order valence-electron chi connectivity index (χ1n) is 12.0. The van der Waals surface area contributed by atoms with Crippen molar-refractivity contribution in [3.8, 4) is 11.1 Å². The SMILES string of the molecule is NC(=O)c1cc(-c2ccccc2)cc2c(C3CCN(S(=O)(=O)CCOCC4CC4)CC3)c[nH]c12. The maximum Gasteiger partial charge on any atom is 0.250 e. The molecule has 0 spiro atoms. The zero-order chi connectivity index (χ0) is 23.7. The molecular weight excluding hydrogens is 450 g/mol. The van der Waals surface area contributed by atoms with Crippen molar-refractivity contribution in [2.45, 2.75) is 31.6 Å². The van der Waals surface area contributed by atoms with Gasteiger partial charge in [-0.3, -0.25) is 4.79 Å². The molecule has 1 saturated heterocycles. The fraction of sp³-hybridized carbons (Fsp3) is 0.423. The number of nitrogens with zero attached hydrogens (tertiary/aromatic N) is 1. The number of carbonyl (C=O) groups is 1. The quantitative estimate of drug-likeness (QED) is 0.453. The Labute approximate surface area is 200 Å². The largest absolute Gasteiger partial charge is 0.380 e. The van der Waals surface area contributed by atoms with Gasteiger partial charge in [-0.2, -0.15) is 0 Å². The lowest BCUT2D eigenvalue weighted by Crippen LogP contribution is -2.40. The summed E-state index contributed by atoms with van der Waals surface area (Å²) in [6, 6.07) is 13.8. The monoisotopic (exact) mass is 481 g/mol. The lowest BCUT2D eigenvalue weighted by molar-refractivity contribution is 0.100. The molecule has 3 aromatic rings. The first-order chi connectivity index (χ1) is 16.4. The summed E-state index contributed by atoms with van der Waals surface area (Å²) in [5.74, 6) is 0.408. The van der Waals surface area contributed by atoms with Crippen molar-refractivity contribution in [3.63, 3.8) is 0 Å². The van der Waals surface area contributed by atoms with E-state index in [0.717, 1.165) is 40.4 Å². The van der Waals surface area contributed by atoms with Gasteiger partial charge in [0.1, 0.15) is 0 Å². The fourth-order valence-electron chi connectivity index (χ4n) is 4.86. The number of piperidine rings is 1. The Morgan fingerprint density at radius 2 is 1.79 bits per heavy atom. The van der Waals surface area contributed by atoms with E-state index in [0.29, 0.717) is 31.2 Å². The molecule has 7 nitrogen and oxygen atoms in total. The number of hydrogen-bond acceptors (Lipinski definition) is 4. The number of primary amides is 1. The van der Waals surface area contributed by atoms with Gasteiger partial charge in [-0.25, -0.2) is 12.7 Å². The number of amides is 1. The van der Waals surface area contributed by atoms with Gasteiger partial charge in [0.2, 0.25) is 10.0 Å². The van der Waals surface area contributed by atoms with E-state index in [1.54, 1.807) is 4.31 Å². The van der Waals surface area contributed by atoms with Gasteiger partial charge in [0, 0.05) is 31.3 Å². The van der Waals surface area contributed by atoms with Gasteiger partial charge >= 0.3 is 0 Å². The molecule has 3 N–H and O–H groups in total. The smallest absolute Gasteiger partial charge is 0.250 e. The predicted octanol–water partition coefficient (Wildman–Crippen LogP) is 3.87. The van der Waals surface area contributed by atoms with Crippen LogP contribution in [0.3, 0.4) is 0 Å². The number of nitrogens with two attached hydrogens (primary N) is 1. The lowest BCUT2D eigenvalue weighted by Gasteiger charge is -2.31. The highest BCUT2D eigenvalue weighted by Gasteiger charge is 2.30. The number of hydrogen-bond donors (Lipinski definition) is 2. The van der Waals surface area contributed by atoms with Crippen molar-refractivity contribution in [2.24, 2.45) is 11.7 Å². The van der Waals surface area contributed by atoms with Crippen molar-refractivity contribution in [2.75, 3.05) is 32.1 Å². The Morgan fingerprint density at radius 3 is 2.47 bits per heavy atom. The Kier molecular flexibility index (Phi) is 6.46. The summed E-state index contributed by atoms with van der Waals surface area (Å²) >= 11 is 0. The minimum absolute atomic E-state index is 0.0415. The molecule has 0 atom stereocenters. The normalized spacial score (nSPS) is 17.9. The summed E-state index contributed by atoms with van der Waals surface area (Å²) < 4.78 is 32.7. The van der Waals surface area contributed by atoms with Crippen LogP contribution in [0.1, 0.15) is 47.5 Å². The van der Waals surface area contributed by atoms with Gasteiger partial charge < -0.3 is 15.5 Å². The van der Waals surface area contributed by atoms with Crippen molar-refractivity contribution in [3.05, 3.63) is 59.8 Å². The molecule has 2 heterocycles. The molecule has 1 saturated carbocycles. The van der Waals surface area contributed by atoms with Crippen molar-refractivity contribution in [1.82, 2.24) is 9.29 Å². The number of nitrogens with one attached hydrogen (secondary N) is 1. The predicted molar refractivity (Wildman–Crippen MR) is 133 cm³/mol. The summed E-state index contributed by atoms with van der Waals surface area (Å²) in [6.07, 6.45) is 5.81. The number of aromatic nitrogens is 1. The highest BCUT2D eigenvalue weighted by Crippen LogP contribution is 2.37. The number of benzene rings is 2. The van der Waals surface area contributed by atoms with E-state index in [-0.39, 0.29) is 18.3 Å². The highest BCUT2D eigenvalue weighted by atomic mass is 32.2. The first-order valence-corrected chi connectivity index (χ1v) is 13.6. The van der Waals surface area contributed by atoms with Crippen LogP contribution in [0.15, 0.2) is 48.7 Å². The van der Waals surface area contributed by atoms with Crippen LogP contribution in [0, 0.1) is 5.92 Å². The summed E-state index contributed by atoms with van der Waals surface area (Å²) in [4.78, 5) is 15.5. The van der Waals surface area contributed by atoms with E-state index in [2.05, 4.69) is 11.1 Å². The standard InChI is InChI=1S/C26H31N3O4S/c27-26(30)23-15-21(19-4-2-1-3-5-19)14-22-24(16-28-25(22)23)20-8-10-29(11-9-20)34(31,32)13-12-33-17-18-6-7-18/h1-5,14-16,18,20,28H,6-13,17H2,(H2,27,30). The number of aromatic amines is 1. The maximum atomic E-state index is 12.8. The summed E-state index contributed by atoms with van der Waals surface area (Å²) in [5, 5.41) is 0.977. The van der Waals surface area contributed by atoms with Gasteiger partial charge in [-0.1, -0.05) is 30.3 Å². The summed E-state index contributed by atoms with van der Waals surface area (Å²) in [6.45, 7) is 1.92. The molecule has 2 fully saturated rings. The van der Waals surface area contributed by atoms with Crippen LogP contribution in [-0.2, 0) is 14.8 Å². The third-order valence-corrected chi connectivity index (χ3v) is 8.85. The zero-order valence-electron chi connectivity index (χ0n) is 19.2. The first kappa shape index (κ1) is 23.1. The molecule has 1 aliphatic carbocycles. The topological polar surface area (TPSA) is 105 Å². The number of ether oxygens (including phenoxy) is 1. The molecule has 0 unspecified atom stereocenters. The molecule has 2 aromatic carbocycles. The average molecular weight is 482 g/mol. The molecule has 5 rings (SSSR count). The molecule has 2 aliphatic rings. The minimum Gasteiger partial charge on any atom is -0.380 e. The van der Waals surface area contributed by atoms with E-state index < -0.39 is 15.9 Å². The Hall–Kier alpha value is -2.68. The average Bonchev–Trinajstić information content (AvgIpc) is 3.58. The van der Waals surface area contributed by atoms with Crippen LogP contribution in [-0.4, -0.2) is 55.7 Å². The molecule has 1 aliphatic heterocycles. The van der Waals surface area contributed by atoms with Gasteiger partial charge in [-0.05, 0) is 66.3 Å². The van der Waals surface area contributed by atoms with Crippen LogP contribution >= 0.6 is 0 Å². The maximum absolute atomic E-state index is 12.8. The molecule has 1 aromatic heterocycles. The van der Waals surface area contributed by atoms with E-state index in [9.17, 15) is 13.2 Å². The van der Waals surface area contributed by atoms with Crippen molar-refractivity contribution < 1.29 is 17.9 Å². The second-order valence-electron chi connectivity index (χ2n) is 9.43. The zero-order valence-corrected chi connectivity index (χ0v) is 20.0. The Balaban J connectivity index is 1.33. The molecule has 1 amide bonds.